The van der Waals surface area contributed by atoms with Crippen LogP contribution in [0.4, 0.5) is 4.79 Å². The molecule has 0 saturated carbocycles. The number of aryl methyl sites for hydroxylation is 1. The second kappa shape index (κ2) is 7.64. The zero-order chi connectivity index (χ0) is 22.6. The molecular weight excluding hydrogens is 456 g/mol. The molecule has 2 aliphatic heterocycles. The SMILES string of the molecule is O=C1NC2(CCc3ccccc32)C(=O)N1CC(=O)N1N=C(c2cccs2)CC1c1cccs1. The molecule has 6 rings (SSSR count). The molecule has 1 aliphatic carbocycles. The summed E-state index contributed by atoms with van der Waals surface area (Å²) in [5.41, 5.74) is 1.66. The normalized spacial score (nSPS) is 23.9. The Morgan fingerprint density at radius 2 is 1.91 bits per heavy atom. The molecule has 0 bridgehead atoms. The Morgan fingerprint density at radius 1 is 1.09 bits per heavy atom. The molecule has 3 aliphatic rings. The van der Waals surface area contributed by atoms with E-state index in [0.29, 0.717) is 19.3 Å². The van der Waals surface area contributed by atoms with Crippen LogP contribution in [0.25, 0.3) is 0 Å². The van der Waals surface area contributed by atoms with Crippen molar-refractivity contribution in [2.45, 2.75) is 30.8 Å². The summed E-state index contributed by atoms with van der Waals surface area (Å²) in [6, 6.07) is 14.8. The van der Waals surface area contributed by atoms with Crippen molar-refractivity contribution in [3.05, 3.63) is 80.2 Å². The summed E-state index contributed by atoms with van der Waals surface area (Å²) in [5.74, 6) is -0.730. The van der Waals surface area contributed by atoms with Crippen molar-refractivity contribution in [3.63, 3.8) is 0 Å². The van der Waals surface area contributed by atoms with E-state index in [2.05, 4.69) is 10.4 Å². The molecule has 166 valence electrons. The number of hydrazone groups is 1. The van der Waals surface area contributed by atoms with E-state index in [1.54, 1.807) is 22.7 Å². The third-order valence-electron chi connectivity index (χ3n) is 6.56. The van der Waals surface area contributed by atoms with E-state index in [0.717, 1.165) is 31.5 Å². The van der Waals surface area contributed by atoms with Gasteiger partial charge in [0.1, 0.15) is 12.1 Å². The van der Waals surface area contributed by atoms with Crippen molar-refractivity contribution in [2.75, 3.05) is 6.54 Å². The Morgan fingerprint density at radius 3 is 2.70 bits per heavy atom. The number of amides is 4. The predicted octanol–water partition coefficient (Wildman–Crippen LogP) is 3.88. The highest BCUT2D eigenvalue weighted by atomic mass is 32.1. The number of nitrogens with zero attached hydrogens (tertiary/aromatic N) is 3. The van der Waals surface area contributed by atoms with Crippen molar-refractivity contribution < 1.29 is 14.4 Å². The third-order valence-corrected chi connectivity index (χ3v) is 8.45. The molecule has 0 radical (unpaired) electrons. The largest absolute Gasteiger partial charge is 0.325 e. The van der Waals surface area contributed by atoms with Crippen LogP contribution in [0, 0.1) is 0 Å². The van der Waals surface area contributed by atoms with Gasteiger partial charge in [0.05, 0.1) is 16.6 Å². The van der Waals surface area contributed by atoms with Crippen LogP contribution >= 0.6 is 22.7 Å². The molecule has 1 N–H and O–H groups in total. The highest BCUT2D eigenvalue weighted by Gasteiger charge is 2.55. The minimum atomic E-state index is -1.07. The number of imide groups is 1. The number of rotatable bonds is 4. The maximum Gasteiger partial charge on any atom is 0.325 e. The highest BCUT2D eigenvalue weighted by molar-refractivity contribution is 7.12. The third kappa shape index (κ3) is 3.14. The number of thiophene rings is 2. The van der Waals surface area contributed by atoms with Crippen molar-refractivity contribution in [2.24, 2.45) is 5.10 Å². The summed E-state index contributed by atoms with van der Waals surface area (Å²) in [7, 11) is 0. The van der Waals surface area contributed by atoms with E-state index in [4.69, 9.17) is 0 Å². The standard InChI is InChI=1S/C24H20N4O3S2/c29-21(28-18(20-8-4-12-33-20)13-17(26-28)19-7-3-11-32-19)14-27-22(30)24(25-23(27)31)10-9-15-5-1-2-6-16(15)24/h1-8,11-12,18H,9-10,13-14H2,(H,25,31). The average molecular weight is 477 g/mol. The smallest absolute Gasteiger partial charge is 0.319 e. The first-order valence-corrected chi connectivity index (χ1v) is 12.5. The average Bonchev–Trinajstić information content (AvgIpc) is 3.62. The fourth-order valence-electron chi connectivity index (χ4n) is 4.98. The summed E-state index contributed by atoms with van der Waals surface area (Å²) in [6.07, 6.45) is 1.82. The van der Waals surface area contributed by atoms with Gasteiger partial charge in [-0.1, -0.05) is 36.4 Å². The van der Waals surface area contributed by atoms with Crippen LogP contribution in [0.2, 0.25) is 0 Å². The number of nitrogens with one attached hydrogen (secondary N) is 1. The zero-order valence-corrected chi connectivity index (χ0v) is 19.2. The lowest BCUT2D eigenvalue weighted by atomic mass is 9.92. The van der Waals surface area contributed by atoms with E-state index in [-0.39, 0.29) is 24.4 Å². The van der Waals surface area contributed by atoms with E-state index in [1.807, 2.05) is 59.3 Å². The number of fused-ring (bicyclic) bond motifs is 2. The molecule has 2 unspecified atom stereocenters. The van der Waals surface area contributed by atoms with Crippen LogP contribution in [-0.2, 0) is 21.5 Å². The van der Waals surface area contributed by atoms with Crippen molar-refractivity contribution in [1.29, 1.82) is 0 Å². The molecule has 7 nitrogen and oxygen atoms in total. The maximum atomic E-state index is 13.5. The number of carbonyl (C=O) groups excluding carboxylic acids is 3. The van der Waals surface area contributed by atoms with Crippen LogP contribution in [0.15, 0.2) is 64.4 Å². The lowest BCUT2D eigenvalue weighted by molar-refractivity contribution is -0.140. The van der Waals surface area contributed by atoms with Crippen LogP contribution < -0.4 is 5.32 Å². The molecule has 4 amide bonds. The van der Waals surface area contributed by atoms with Crippen molar-refractivity contribution in [3.8, 4) is 0 Å². The lowest BCUT2D eigenvalue weighted by Crippen LogP contribution is -2.44. The fourth-order valence-corrected chi connectivity index (χ4v) is 6.51. The molecule has 4 heterocycles. The lowest BCUT2D eigenvalue weighted by Gasteiger charge is -2.24. The summed E-state index contributed by atoms with van der Waals surface area (Å²) in [4.78, 5) is 42.8. The Bertz CT molecular complexity index is 1280. The number of hydrogen-bond acceptors (Lipinski definition) is 6. The topological polar surface area (TPSA) is 82.1 Å². The van der Waals surface area contributed by atoms with Crippen LogP contribution in [0.3, 0.4) is 0 Å². The van der Waals surface area contributed by atoms with Crippen LogP contribution in [0.1, 0.15) is 39.8 Å². The Labute approximate surface area is 198 Å². The molecule has 33 heavy (non-hydrogen) atoms. The molecule has 2 atom stereocenters. The monoisotopic (exact) mass is 476 g/mol. The van der Waals surface area contributed by atoms with Gasteiger partial charge in [0.25, 0.3) is 11.8 Å². The Hall–Kier alpha value is -3.30. The van der Waals surface area contributed by atoms with Gasteiger partial charge in [-0.25, -0.2) is 9.80 Å². The Balaban J connectivity index is 1.28. The van der Waals surface area contributed by atoms with E-state index >= 15 is 0 Å². The second-order valence-corrected chi connectivity index (χ2v) is 10.3. The first-order valence-electron chi connectivity index (χ1n) is 10.8. The molecule has 1 fully saturated rings. The second-order valence-electron chi connectivity index (χ2n) is 8.38. The first kappa shape index (κ1) is 20.3. The molecule has 3 aromatic rings. The van der Waals surface area contributed by atoms with E-state index in [1.165, 1.54) is 5.01 Å². The van der Waals surface area contributed by atoms with E-state index < -0.39 is 11.6 Å². The number of hydrogen-bond donors (Lipinski definition) is 1. The van der Waals surface area contributed by atoms with Crippen LogP contribution in [-0.4, -0.2) is 40.0 Å². The van der Waals surface area contributed by atoms with Gasteiger partial charge in [0, 0.05) is 11.3 Å². The zero-order valence-electron chi connectivity index (χ0n) is 17.6. The van der Waals surface area contributed by atoms with Gasteiger partial charge in [-0.15, -0.1) is 22.7 Å². The van der Waals surface area contributed by atoms with Gasteiger partial charge in [-0.2, -0.15) is 5.10 Å². The van der Waals surface area contributed by atoms with Gasteiger partial charge >= 0.3 is 6.03 Å². The van der Waals surface area contributed by atoms with Gasteiger partial charge in [0.15, 0.2) is 0 Å². The summed E-state index contributed by atoms with van der Waals surface area (Å²) in [5, 5.41) is 12.9. The van der Waals surface area contributed by atoms with Crippen molar-refractivity contribution in [1.82, 2.24) is 15.2 Å². The molecule has 1 aromatic carbocycles. The minimum absolute atomic E-state index is 0.239. The molecule has 1 saturated heterocycles. The van der Waals surface area contributed by atoms with Gasteiger partial charge in [-0.3, -0.25) is 14.5 Å². The van der Waals surface area contributed by atoms with Crippen LogP contribution in [0.5, 0.6) is 0 Å². The quantitative estimate of drug-likeness (QED) is 0.580. The molecule has 9 heteroatoms. The summed E-state index contributed by atoms with van der Waals surface area (Å²) in [6.45, 7) is -0.336. The molecule has 2 aromatic heterocycles. The Kier molecular flexibility index (Phi) is 4.70. The molecular formula is C24H20N4O3S2. The minimum Gasteiger partial charge on any atom is -0.319 e. The fraction of sp³-hybridized carbons (Fsp3) is 0.250. The van der Waals surface area contributed by atoms with Gasteiger partial charge in [0.2, 0.25) is 0 Å². The molecule has 1 spiro atoms. The number of carbonyl (C=O) groups is 3. The first-order chi connectivity index (χ1) is 16.1. The number of benzene rings is 1. The van der Waals surface area contributed by atoms with E-state index in [9.17, 15) is 14.4 Å². The summed E-state index contributed by atoms with van der Waals surface area (Å²) < 4.78 is 0. The highest BCUT2D eigenvalue weighted by Crippen LogP contribution is 2.42. The number of urea groups is 1. The predicted molar refractivity (Wildman–Crippen MR) is 126 cm³/mol. The van der Waals surface area contributed by atoms with Crippen molar-refractivity contribution >= 4 is 46.2 Å². The maximum absolute atomic E-state index is 13.5. The summed E-state index contributed by atoms with van der Waals surface area (Å²) >= 11 is 3.15. The van der Waals surface area contributed by atoms with Gasteiger partial charge in [-0.05, 0) is 46.9 Å². The van der Waals surface area contributed by atoms with Gasteiger partial charge < -0.3 is 5.32 Å².